The second-order valence-electron chi connectivity index (χ2n) is 5.47. The Morgan fingerprint density at radius 3 is 2.75 bits per heavy atom. The van der Waals surface area contributed by atoms with Crippen LogP contribution in [0.4, 0.5) is 0 Å². The molecule has 1 fully saturated rings. The molecule has 0 spiro atoms. The summed E-state index contributed by atoms with van der Waals surface area (Å²) in [4.78, 5) is 1.12. The van der Waals surface area contributed by atoms with Gasteiger partial charge in [0.1, 0.15) is 4.21 Å². The summed E-state index contributed by atoms with van der Waals surface area (Å²) in [5, 5.41) is 3.33. The standard InChI is InChI=1S/C14H24N2O2S2/c1-3-9-15-10-8-13-6-7-14(19-13)20(17,18)16-11(2)12-4-5-12/h6-7,11-12,15-16H,3-5,8-10H2,1-2H3. The molecule has 2 rings (SSSR count). The second-order valence-corrected chi connectivity index (χ2v) is 8.58. The van der Waals surface area contributed by atoms with E-state index >= 15 is 0 Å². The van der Waals surface area contributed by atoms with Crippen LogP contribution < -0.4 is 10.0 Å². The Labute approximate surface area is 126 Å². The van der Waals surface area contributed by atoms with E-state index in [0.717, 1.165) is 43.6 Å². The van der Waals surface area contributed by atoms with Crippen LogP contribution in [0.25, 0.3) is 0 Å². The van der Waals surface area contributed by atoms with Gasteiger partial charge in [-0.1, -0.05) is 6.92 Å². The van der Waals surface area contributed by atoms with Crippen molar-refractivity contribution in [3.8, 4) is 0 Å². The molecule has 0 aromatic carbocycles. The lowest BCUT2D eigenvalue weighted by Crippen LogP contribution is -2.33. The maximum absolute atomic E-state index is 12.2. The van der Waals surface area contributed by atoms with Gasteiger partial charge in [-0.05, 0) is 63.7 Å². The second kappa shape index (κ2) is 7.02. The van der Waals surface area contributed by atoms with E-state index in [0.29, 0.717) is 10.1 Å². The minimum absolute atomic E-state index is 0.0526. The van der Waals surface area contributed by atoms with Gasteiger partial charge in [0.25, 0.3) is 0 Å². The van der Waals surface area contributed by atoms with Crippen LogP contribution in [0.5, 0.6) is 0 Å². The minimum Gasteiger partial charge on any atom is -0.316 e. The lowest BCUT2D eigenvalue weighted by Gasteiger charge is -2.11. The fourth-order valence-corrected chi connectivity index (χ4v) is 4.83. The molecular weight excluding hydrogens is 292 g/mol. The summed E-state index contributed by atoms with van der Waals surface area (Å²) in [6, 6.07) is 3.70. The topological polar surface area (TPSA) is 58.2 Å². The van der Waals surface area contributed by atoms with E-state index in [1.165, 1.54) is 11.3 Å². The first-order valence-electron chi connectivity index (χ1n) is 7.34. The molecule has 2 N–H and O–H groups in total. The van der Waals surface area contributed by atoms with Crippen molar-refractivity contribution in [2.75, 3.05) is 13.1 Å². The van der Waals surface area contributed by atoms with E-state index < -0.39 is 10.0 Å². The highest BCUT2D eigenvalue weighted by Crippen LogP contribution is 2.33. The van der Waals surface area contributed by atoms with Gasteiger partial charge in [-0.15, -0.1) is 11.3 Å². The van der Waals surface area contributed by atoms with Crippen LogP contribution in [0, 0.1) is 5.92 Å². The molecule has 1 aliphatic carbocycles. The van der Waals surface area contributed by atoms with Crippen molar-refractivity contribution in [2.24, 2.45) is 5.92 Å². The number of thiophene rings is 1. The molecule has 4 nitrogen and oxygen atoms in total. The van der Waals surface area contributed by atoms with E-state index in [-0.39, 0.29) is 6.04 Å². The molecule has 1 heterocycles. The van der Waals surface area contributed by atoms with Gasteiger partial charge in [0.2, 0.25) is 10.0 Å². The molecule has 1 aromatic rings. The Morgan fingerprint density at radius 2 is 2.10 bits per heavy atom. The summed E-state index contributed by atoms with van der Waals surface area (Å²) in [7, 11) is -3.33. The molecule has 0 radical (unpaired) electrons. The van der Waals surface area contributed by atoms with Crippen molar-refractivity contribution < 1.29 is 8.42 Å². The van der Waals surface area contributed by atoms with E-state index in [1.54, 1.807) is 6.07 Å². The zero-order valence-corrected chi connectivity index (χ0v) is 13.8. The third-order valence-electron chi connectivity index (χ3n) is 3.55. The molecule has 1 aliphatic rings. The minimum atomic E-state index is -3.33. The first kappa shape index (κ1) is 15.9. The van der Waals surface area contributed by atoms with Gasteiger partial charge in [-0.2, -0.15) is 0 Å². The Kier molecular flexibility index (Phi) is 5.60. The highest BCUT2D eigenvalue weighted by Gasteiger charge is 2.31. The summed E-state index contributed by atoms with van der Waals surface area (Å²) in [6.45, 7) is 6.00. The molecule has 114 valence electrons. The summed E-state index contributed by atoms with van der Waals surface area (Å²) in [5.74, 6) is 0.530. The van der Waals surface area contributed by atoms with E-state index in [4.69, 9.17) is 0 Å². The van der Waals surface area contributed by atoms with Crippen molar-refractivity contribution in [3.05, 3.63) is 17.0 Å². The lowest BCUT2D eigenvalue weighted by atomic mass is 10.2. The van der Waals surface area contributed by atoms with Crippen LogP contribution in [0.2, 0.25) is 0 Å². The van der Waals surface area contributed by atoms with Crippen LogP contribution in [0.15, 0.2) is 16.3 Å². The monoisotopic (exact) mass is 316 g/mol. The molecule has 1 aromatic heterocycles. The van der Waals surface area contributed by atoms with E-state index in [1.807, 2.05) is 13.0 Å². The molecule has 0 aliphatic heterocycles. The Balaban J connectivity index is 1.89. The molecule has 1 unspecified atom stereocenters. The summed E-state index contributed by atoms with van der Waals surface area (Å²) < 4.78 is 27.7. The van der Waals surface area contributed by atoms with Gasteiger partial charge in [0.05, 0.1) is 0 Å². The summed E-state index contributed by atoms with van der Waals surface area (Å²) in [5.41, 5.74) is 0. The number of sulfonamides is 1. The third-order valence-corrected chi connectivity index (χ3v) is 6.74. The van der Waals surface area contributed by atoms with Crippen LogP contribution in [0.3, 0.4) is 0 Å². The average Bonchev–Trinajstić information content (AvgIpc) is 3.13. The van der Waals surface area contributed by atoms with Crippen molar-refractivity contribution in [2.45, 2.75) is 49.8 Å². The number of hydrogen-bond acceptors (Lipinski definition) is 4. The summed E-state index contributed by atoms with van der Waals surface area (Å²) >= 11 is 1.38. The first-order valence-corrected chi connectivity index (χ1v) is 9.64. The predicted octanol–water partition coefficient (Wildman–Crippen LogP) is 2.37. The average molecular weight is 316 g/mol. The normalized spacial score (nSPS) is 17.3. The van der Waals surface area contributed by atoms with Crippen LogP contribution in [-0.4, -0.2) is 27.5 Å². The van der Waals surface area contributed by atoms with Crippen LogP contribution >= 0.6 is 11.3 Å². The molecule has 1 saturated carbocycles. The van der Waals surface area contributed by atoms with Gasteiger partial charge in [-0.25, -0.2) is 13.1 Å². The first-order chi connectivity index (χ1) is 9.53. The molecule has 6 heteroatoms. The Hall–Kier alpha value is -0.430. The van der Waals surface area contributed by atoms with Gasteiger partial charge in [0.15, 0.2) is 0 Å². The molecule has 0 bridgehead atoms. The number of rotatable bonds is 9. The van der Waals surface area contributed by atoms with Gasteiger partial charge in [-0.3, -0.25) is 0 Å². The SMILES string of the molecule is CCCNCCc1ccc(S(=O)(=O)NC(C)C2CC2)s1. The van der Waals surface area contributed by atoms with Crippen LogP contribution in [0.1, 0.15) is 38.0 Å². The van der Waals surface area contributed by atoms with E-state index in [2.05, 4.69) is 17.0 Å². The molecular formula is C14H24N2O2S2. The fraction of sp³-hybridized carbons (Fsp3) is 0.714. The number of hydrogen-bond donors (Lipinski definition) is 2. The third kappa shape index (κ3) is 4.55. The molecule has 0 saturated heterocycles. The highest BCUT2D eigenvalue weighted by molar-refractivity contribution is 7.91. The van der Waals surface area contributed by atoms with Crippen molar-refractivity contribution in [1.29, 1.82) is 0 Å². The quantitative estimate of drug-likeness (QED) is 0.688. The maximum atomic E-state index is 12.2. The molecule has 0 amide bonds. The molecule has 20 heavy (non-hydrogen) atoms. The Morgan fingerprint density at radius 1 is 1.35 bits per heavy atom. The largest absolute Gasteiger partial charge is 0.316 e. The van der Waals surface area contributed by atoms with Crippen molar-refractivity contribution in [1.82, 2.24) is 10.0 Å². The maximum Gasteiger partial charge on any atom is 0.250 e. The highest BCUT2D eigenvalue weighted by atomic mass is 32.2. The zero-order chi connectivity index (χ0) is 14.6. The van der Waals surface area contributed by atoms with Crippen molar-refractivity contribution >= 4 is 21.4 Å². The number of nitrogens with one attached hydrogen (secondary N) is 2. The van der Waals surface area contributed by atoms with Gasteiger partial charge in [0, 0.05) is 10.9 Å². The predicted molar refractivity (Wildman–Crippen MR) is 83.7 cm³/mol. The lowest BCUT2D eigenvalue weighted by molar-refractivity contribution is 0.539. The van der Waals surface area contributed by atoms with Crippen LogP contribution in [-0.2, 0) is 16.4 Å². The smallest absolute Gasteiger partial charge is 0.250 e. The van der Waals surface area contributed by atoms with E-state index in [9.17, 15) is 8.42 Å². The Bertz CT molecular complexity index is 521. The van der Waals surface area contributed by atoms with Gasteiger partial charge >= 0.3 is 0 Å². The van der Waals surface area contributed by atoms with Gasteiger partial charge < -0.3 is 5.32 Å². The molecule has 1 atom stereocenters. The van der Waals surface area contributed by atoms with Crippen molar-refractivity contribution in [3.63, 3.8) is 0 Å². The summed E-state index contributed by atoms with van der Waals surface area (Å²) in [6.07, 6.45) is 4.29. The zero-order valence-electron chi connectivity index (χ0n) is 12.2. The fourth-order valence-electron chi connectivity index (χ4n) is 2.15.